The number of carboxylic acids is 2. The van der Waals surface area contributed by atoms with Crippen LogP contribution in [0.1, 0.15) is 115 Å². The Kier molecular flexibility index (Phi) is 21.1. The molecule has 7 rings (SSSR count). The number of aromatic nitrogens is 1. The quantitative estimate of drug-likeness (QED) is 0.0210. The second-order valence-electron chi connectivity index (χ2n) is 19.9. The zero-order valence-corrected chi connectivity index (χ0v) is 45.2. The molecule has 7 atom stereocenters. The average molecular weight is 1170 g/mol. The first-order valence-electron chi connectivity index (χ1n) is 26.4. The van der Waals surface area contributed by atoms with Crippen molar-refractivity contribution >= 4 is 107 Å². The number of hydroxylamine groups is 4. The highest BCUT2D eigenvalue weighted by Gasteiger charge is 2.44. The maximum Gasteiger partial charge on any atom is 0.363 e. The Morgan fingerprint density at radius 1 is 0.771 bits per heavy atom. The smallest absolute Gasteiger partial charge is 0.363 e. The normalized spacial score (nSPS) is 20.2. The lowest BCUT2D eigenvalue weighted by Crippen LogP contribution is -2.53. The minimum atomic E-state index is -1.72. The lowest BCUT2D eigenvalue weighted by atomic mass is 9.93. The maximum atomic E-state index is 14.1. The van der Waals surface area contributed by atoms with E-state index < -0.39 is 139 Å². The van der Waals surface area contributed by atoms with Crippen molar-refractivity contribution < 1.29 is 91.8 Å². The van der Waals surface area contributed by atoms with Crippen molar-refractivity contribution in [3.8, 4) is 0 Å². The van der Waals surface area contributed by atoms with E-state index in [2.05, 4.69) is 41.9 Å². The van der Waals surface area contributed by atoms with Gasteiger partial charge in [-0.25, -0.2) is 19.2 Å². The molecule has 5 fully saturated rings. The number of rotatable bonds is 28. The number of benzene rings is 1. The van der Waals surface area contributed by atoms with Crippen LogP contribution in [0.5, 0.6) is 0 Å². The second-order valence-corrected chi connectivity index (χ2v) is 21.1. The molecule has 31 heteroatoms. The summed E-state index contributed by atoms with van der Waals surface area (Å²) in [7, 11) is 0. The van der Waals surface area contributed by atoms with Crippen molar-refractivity contribution in [3.05, 3.63) is 65.0 Å². The van der Waals surface area contributed by atoms with Crippen LogP contribution < -0.4 is 31.9 Å². The van der Waals surface area contributed by atoms with Gasteiger partial charge in [0.2, 0.25) is 23.6 Å². The van der Waals surface area contributed by atoms with Crippen LogP contribution in [0.25, 0.3) is 0 Å². The van der Waals surface area contributed by atoms with Gasteiger partial charge in [-0.2, -0.15) is 11.8 Å². The van der Waals surface area contributed by atoms with Gasteiger partial charge in [-0.1, -0.05) is 18.6 Å². The van der Waals surface area contributed by atoms with Crippen LogP contribution in [-0.2, 0) is 73.8 Å². The van der Waals surface area contributed by atoms with E-state index in [-0.39, 0.29) is 97.6 Å². The van der Waals surface area contributed by atoms with Crippen molar-refractivity contribution in [2.24, 2.45) is 10.9 Å². The summed E-state index contributed by atoms with van der Waals surface area (Å²) in [6, 6.07) is 3.84. The molecule has 1 aromatic carbocycles. The molecule has 5 aliphatic rings. The molecular weight excluding hydrogens is 1110 g/mol. The van der Waals surface area contributed by atoms with Crippen molar-refractivity contribution in [3.63, 3.8) is 0 Å². The molecule has 8 N–H and O–H groups in total. The standard InChI is InChI=1S/C52H59N11O19S/c64-36(18-30(19-45(73)81-62-40(67)13-14-41(62)68)47(74)56-25-39(66)57-33(50(77)78)24-55-38(65)6-2-1-5-37-46-34(26-83-37)59-52(80)60-46)35-4-3-17-61(35)49(76)32(20-44(71)72)58-48(75)29-11-12-31(54-22-29)23-53-21-27-7-9-28(10-8-27)51(79)82-63-42(69)15-16-43(63)70/h7-12,21-22,30,32-35,37,46H,1-6,13-20,23-26H2,(H,55,65)(H,56,74)(H,57,66)(H,58,75)(H,71,72)(H,77,78)(H2,59,60,80). The Morgan fingerprint density at radius 3 is 2.10 bits per heavy atom. The summed E-state index contributed by atoms with van der Waals surface area (Å²) < 4.78 is 0. The van der Waals surface area contributed by atoms with Gasteiger partial charge in [0, 0.05) is 75.0 Å². The van der Waals surface area contributed by atoms with E-state index >= 15 is 0 Å². The van der Waals surface area contributed by atoms with Crippen LogP contribution >= 0.6 is 11.8 Å². The highest BCUT2D eigenvalue weighted by Crippen LogP contribution is 2.33. The van der Waals surface area contributed by atoms with E-state index in [1.807, 2.05) is 0 Å². The van der Waals surface area contributed by atoms with E-state index in [0.717, 1.165) is 23.3 Å². The molecule has 0 saturated carbocycles. The average Bonchev–Trinajstić information content (AvgIpc) is 4.40. The van der Waals surface area contributed by atoms with Crippen LogP contribution in [0.15, 0.2) is 47.6 Å². The number of unbranched alkanes of at least 4 members (excludes halogenated alkanes) is 1. The first kappa shape index (κ1) is 61.5. The zero-order chi connectivity index (χ0) is 59.9. The van der Waals surface area contributed by atoms with E-state index in [0.29, 0.717) is 29.2 Å². The number of nitrogens with zero attached hydrogens (tertiary/aromatic N) is 5. The van der Waals surface area contributed by atoms with Crippen LogP contribution in [0, 0.1) is 5.92 Å². The fourth-order valence-corrected chi connectivity index (χ4v) is 11.1. The number of nitrogens with one attached hydrogen (secondary N) is 6. The summed E-state index contributed by atoms with van der Waals surface area (Å²) in [4.78, 5) is 209. The highest BCUT2D eigenvalue weighted by molar-refractivity contribution is 8.00. The predicted octanol–water partition coefficient (Wildman–Crippen LogP) is -1.41. The lowest BCUT2D eigenvalue weighted by molar-refractivity contribution is -0.198. The molecule has 442 valence electrons. The Bertz CT molecular complexity index is 2930. The summed E-state index contributed by atoms with van der Waals surface area (Å²) in [5.74, 6) is -14.4. The van der Waals surface area contributed by atoms with Gasteiger partial charge >= 0.3 is 29.9 Å². The van der Waals surface area contributed by atoms with Crippen LogP contribution in [0.2, 0.25) is 0 Å². The van der Waals surface area contributed by atoms with Gasteiger partial charge in [0.05, 0.1) is 66.8 Å². The molecule has 6 heterocycles. The molecular formula is C52H59N11O19S. The number of fused-ring (bicyclic) bond motifs is 1. The number of hydrogen-bond donors (Lipinski definition) is 8. The number of carbonyl (C=O) groups excluding carboxylic acids is 13. The molecule has 11 amide bonds. The van der Waals surface area contributed by atoms with Crippen LogP contribution in [0.4, 0.5) is 4.79 Å². The van der Waals surface area contributed by atoms with Crippen molar-refractivity contribution in [1.29, 1.82) is 0 Å². The second kappa shape index (κ2) is 28.5. The van der Waals surface area contributed by atoms with Crippen LogP contribution in [-0.4, -0.2) is 186 Å². The fraction of sp³-hybridized carbons (Fsp3) is 0.481. The number of hydrogen-bond acceptors (Lipinski definition) is 20. The molecule has 0 radical (unpaired) electrons. The Labute approximate surface area is 475 Å². The first-order valence-corrected chi connectivity index (χ1v) is 27.5. The van der Waals surface area contributed by atoms with E-state index in [1.165, 1.54) is 42.6 Å². The number of pyridine rings is 1. The summed E-state index contributed by atoms with van der Waals surface area (Å²) in [6.07, 6.45) is 1.44. The van der Waals surface area contributed by atoms with E-state index in [1.54, 1.807) is 11.8 Å². The lowest BCUT2D eigenvalue weighted by Gasteiger charge is -2.29. The number of Topliss-reactive ketones (excluding diaryl/α,β-unsaturated/α-hetero) is 1. The number of urea groups is 1. The summed E-state index contributed by atoms with van der Waals surface area (Å²) in [6.45, 7) is -1.50. The molecule has 5 aliphatic heterocycles. The van der Waals surface area contributed by atoms with E-state index in [4.69, 9.17) is 9.68 Å². The van der Waals surface area contributed by atoms with Gasteiger partial charge < -0.3 is 56.7 Å². The molecule has 2 aromatic rings. The highest BCUT2D eigenvalue weighted by atomic mass is 32.2. The molecule has 0 bridgehead atoms. The molecule has 30 nitrogen and oxygen atoms in total. The third-order valence-corrected chi connectivity index (χ3v) is 15.4. The largest absolute Gasteiger partial charge is 0.481 e. The minimum absolute atomic E-state index is 0.00163. The zero-order valence-electron chi connectivity index (χ0n) is 44.4. The van der Waals surface area contributed by atoms with Crippen molar-refractivity contribution in [2.45, 2.75) is 125 Å². The molecule has 0 spiro atoms. The van der Waals surface area contributed by atoms with Gasteiger partial charge in [0.1, 0.15) is 12.1 Å². The van der Waals surface area contributed by atoms with Gasteiger partial charge in [0.15, 0.2) is 5.78 Å². The van der Waals surface area contributed by atoms with Crippen molar-refractivity contribution in [1.82, 2.24) is 51.9 Å². The number of carbonyl (C=O) groups is 15. The summed E-state index contributed by atoms with van der Waals surface area (Å²) >= 11 is 1.72. The number of carboxylic acid groups (broad SMARTS) is 2. The topological polar surface area (TPSA) is 422 Å². The minimum Gasteiger partial charge on any atom is -0.481 e. The molecule has 0 aliphatic carbocycles. The first-order chi connectivity index (χ1) is 39.6. The van der Waals surface area contributed by atoms with Gasteiger partial charge in [0.25, 0.3) is 29.5 Å². The molecule has 5 saturated heterocycles. The monoisotopic (exact) mass is 1170 g/mol. The van der Waals surface area contributed by atoms with Crippen LogP contribution in [0.3, 0.4) is 0 Å². The third-order valence-electron chi connectivity index (χ3n) is 13.9. The van der Waals surface area contributed by atoms with Crippen molar-refractivity contribution in [2.75, 3.05) is 25.4 Å². The maximum absolute atomic E-state index is 14.1. The number of aliphatic carboxylic acids is 2. The summed E-state index contributed by atoms with van der Waals surface area (Å²) in [5, 5.41) is 35.4. The predicted molar refractivity (Wildman–Crippen MR) is 281 cm³/mol. The van der Waals surface area contributed by atoms with Gasteiger partial charge in [-0.3, -0.25) is 62.7 Å². The molecule has 1 aromatic heterocycles. The third kappa shape index (κ3) is 17.0. The summed E-state index contributed by atoms with van der Waals surface area (Å²) in [5.41, 5.74) is 0.940. The number of amides is 11. The fourth-order valence-electron chi connectivity index (χ4n) is 9.55. The van der Waals surface area contributed by atoms with Gasteiger partial charge in [-0.15, -0.1) is 10.1 Å². The SMILES string of the molecule is O=C(O)CC(NC(=O)c1ccc(CN=Cc2ccc(C(=O)ON3C(=O)CCC3=O)cc2)nc1)C(=O)N1CCCC1C(=O)CC(CC(=O)ON1C(=O)CCC1=O)C(=O)NCC(=O)NC(CNC(=O)CCCCC1SCC2NC(=O)NC21)C(=O)O. The Hall–Kier alpha value is -9.16. The van der Waals surface area contributed by atoms with E-state index in [9.17, 15) is 82.1 Å². The Balaban J connectivity index is 0.907. The van der Waals surface area contributed by atoms with Gasteiger partial charge in [-0.05, 0) is 55.5 Å². The Morgan fingerprint density at radius 2 is 1.45 bits per heavy atom. The number of likely N-dealkylation sites (tertiary alicyclic amines) is 1. The number of imide groups is 2. The number of thioether (sulfide) groups is 1. The molecule has 83 heavy (non-hydrogen) atoms. The number of aliphatic imine (C=N–C) groups is 1. The number of ketones is 1. The molecule has 7 unspecified atom stereocenters.